The van der Waals surface area contributed by atoms with E-state index in [0.29, 0.717) is 6.42 Å². The van der Waals surface area contributed by atoms with E-state index in [1.807, 2.05) is 39.8 Å². The van der Waals surface area contributed by atoms with Crippen LogP contribution in [0.5, 0.6) is 5.75 Å². The second kappa shape index (κ2) is 12.0. The molecule has 0 amide bonds. The van der Waals surface area contributed by atoms with Crippen molar-refractivity contribution in [2.45, 2.75) is 60.4 Å². The van der Waals surface area contributed by atoms with Crippen molar-refractivity contribution in [3.05, 3.63) is 29.8 Å². The topological polar surface area (TPSA) is 36.3 Å². The van der Waals surface area contributed by atoms with Crippen molar-refractivity contribution < 1.29 is 4.74 Å². The van der Waals surface area contributed by atoms with Gasteiger partial charge < -0.3 is 4.74 Å². The summed E-state index contributed by atoms with van der Waals surface area (Å²) in [5.74, 6) is 0.920. The minimum absolute atomic E-state index is 0.222. The van der Waals surface area contributed by atoms with Gasteiger partial charge in [-0.05, 0) is 49.0 Å². The Kier molecular flexibility index (Phi) is 11.2. The molecule has 0 unspecified atom stereocenters. The Labute approximate surface area is 143 Å². The number of hydrogen-bond donors (Lipinski definition) is 0. The monoisotopic (exact) mass is 318 g/mol. The van der Waals surface area contributed by atoms with Crippen molar-refractivity contribution in [2.75, 3.05) is 20.2 Å². The van der Waals surface area contributed by atoms with E-state index in [9.17, 15) is 0 Å². The third-order valence-corrected chi connectivity index (χ3v) is 4.11. The Hall–Kier alpha value is -1.53. The third-order valence-electron chi connectivity index (χ3n) is 4.11. The maximum absolute atomic E-state index is 8.86. The third kappa shape index (κ3) is 7.52. The van der Waals surface area contributed by atoms with Crippen LogP contribution in [0.25, 0.3) is 0 Å². The van der Waals surface area contributed by atoms with E-state index in [2.05, 4.69) is 30.0 Å². The van der Waals surface area contributed by atoms with Gasteiger partial charge >= 0.3 is 0 Å². The number of benzene rings is 1. The molecule has 1 aliphatic rings. The molecule has 0 radical (unpaired) electrons. The van der Waals surface area contributed by atoms with E-state index in [-0.39, 0.29) is 5.41 Å². The molecular weight excluding hydrogens is 284 g/mol. The second-order valence-electron chi connectivity index (χ2n) is 5.77. The molecule has 2 rings (SSSR count). The summed E-state index contributed by atoms with van der Waals surface area (Å²) in [4.78, 5) is 2.47. The lowest BCUT2D eigenvalue weighted by molar-refractivity contribution is 0.116. The van der Waals surface area contributed by atoms with Crippen LogP contribution < -0.4 is 4.74 Å². The molecule has 0 N–H and O–H groups in total. The summed E-state index contributed by atoms with van der Waals surface area (Å²) >= 11 is 0. The first-order chi connectivity index (χ1) is 11.1. The Morgan fingerprint density at radius 1 is 1.17 bits per heavy atom. The summed E-state index contributed by atoms with van der Waals surface area (Å²) in [5, 5.41) is 8.86. The molecular formula is C20H34N2O. The normalized spacial score (nSPS) is 16.0. The molecule has 1 aliphatic heterocycles. The maximum Gasteiger partial charge on any atom is 0.119 e. The molecule has 0 saturated carbocycles. The minimum Gasteiger partial charge on any atom is -0.497 e. The lowest BCUT2D eigenvalue weighted by Gasteiger charge is -2.38. The molecule has 1 heterocycles. The van der Waals surface area contributed by atoms with Gasteiger partial charge in [0.1, 0.15) is 5.75 Å². The van der Waals surface area contributed by atoms with E-state index in [1.165, 1.54) is 5.56 Å². The zero-order valence-electron chi connectivity index (χ0n) is 15.9. The van der Waals surface area contributed by atoms with Crippen LogP contribution >= 0.6 is 0 Å². The van der Waals surface area contributed by atoms with Crippen molar-refractivity contribution in [1.29, 1.82) is 5.26 Å². The summed E-state index contributed by atoms with van der Waals surface area (Å²) < 4.78 is 5.25. The van der Waals surface area contributed by atoms with Crippen molar-refractivity contribution in [1.82, 2.24) is 4.90 Å². The van der Waals surface area contributed by atoms with Gasteiger partial charge in [-0.15, -0.1) is 0 Å². The van der Waals surface area contributed by atoms with Gasteiger partial charge in [0.25, 0.3) is 0 Å². The molecule has 0 aromatic heterocycles. The van der Waals surface area contributed by atoms with Crippen molar-refractivity contribution in [3.63, 3.8) is 0 Å². The van der Waals surface area contributed by atoms with Gasteiger partial charge in [0.05, 0.1) is 13.2 Å². The summed E-state index contributed by atoms with van der Waals surface area (Å²) in [7, 11) is 1.70. The first-order valence-corrected chi connectivity index (χ1v) is 8.87. The molecule has 3 heteroatoms. The Morgan fingerprint density at radius 2 is 1.78 bits per heavy atom. The van der Waals surface area contributed by atoms with Gasteiger partial charge in [-0.1, -0.05) is 46.8 Å². The van der Waals surface area contributed by atoms with E-state index in [0.717, 1.165) is 38.2 Å². The molecule has 1 fully saturated rings. The van der Waals surface area contributed by atoms with E-state index in [4.69, 9.17) is 10.00 Å². The minimum atomic E-state index is 0.222. The van der Waals surface area contributed by atoms with Crippen LogP contribution in [0.3, 0.4) is 0 Å². The molecule has 1 aromatic rings. The highest BCUT2D eigenvalue weighted by Crippen LogP contribution is 2.34. The average molecular weight is 319 g/mol. The molecule has 1 saturated heterocycles. The lowest BCUT2D eigenvalue weighted by Crippen LogP contribution is -2.38. The number of nitrogens with zero attached hydrogens (tertiary/aromatic N) is 2. The molecule has 0 bridgehead atoms. The largest absolute Gasteiger partial charge is 0.497 e. The average Bonchev–Trinajstić information content (AvgIpc) is 2.61. The molecule has 3 nitrogen and oxygen atoms in total. The van der Waals surface area contributed by atoms with Crippen molar-refractivity contribution in [2.24, 2.45) is 5.41 Å². The fourth-order valence-corrected chi connectivity index (χ4v) is 2.65. The summed E-state index contributed by atoms with van der Waals surface area (Å²) in [6, 6.07) is 10.6. The maximum atomic E-state index is 8.86. The fraction of sp³-hybridized carbons (Fsp3) is 0.650. The van der Waals surface area contributed by atoms with Gasteiger partial charge in [-0.25, -0.2) is 0 Å². The standard InChI is InChI=1S/C16H22N2O.2C2H6/c1-16(6-9-17)7-10-18(11-8-16)13-14-4-3-5-15(12-14)19-2;2*1-2/h3-5,12H,6-8,10-11,13H2,1-2H3;2*1-2H3. The molecule has 0 atom stereocenters. The molecule has 0 spiro atoms. The highest BCUT2D eigenvalue weighted by Gasteiger charge is 2.29. The van der Waals surface area contributed by atoms with E-state index < -0.39 is 0 Å². The Morgan fingerprint density at radius 3 is 2.30 bits per heavy atom. The summed E-state index contributed by atoms with van der Waals surface area (Å²) in [6.07, 6.45) is 2.91. The van der Waals surface area contributed by atoms with Crippen LogP contribution in [0.1, 0.15) is 59.4 Å². The number of piperidine rings is 1. The summed E-state index contributed by atoms with van der Waals surface area (Å²) in [6.45, 7) is 13.4. The molecule has 23 heavy (non-hydrogen) atoms. The van der Waals surface area contributed by atoms with Gasteiger partial charge in [0.15, 0.2) is 0 Å². The Bertz CT molecular complexity index is 457. The quantitative estimate of drug-likeness (QED) is 0.759. The predicted octanol–water partition coefficient (Wildman–Crippen LogP) is 5.26. The molecule has 1 aromatic carbocycles. The van der Waals surface area contributed by atoms with Crippen LogP contribution in [-0.2, 0) is 6.54 Å². The number of rotatable bonds is 4. The zero-order valence-corrected chi connectivity index (χ0v) is 15.9. The van der Waals surface area contributed by atoms with Crippen molar-refractivity contribution in [3.8, 4) is 11.8 Å². The van der Waals surface area contributed by atoms with E-state index in [1.54, 1.807) is 7.11 Å². The Balaban J connectivity index is 0.00000112. The molecule has 0 aliphatic carbocycles. The van der Waals surface area contributed by atoms with Crippen LogP contribution in [0.15, 0.2) is 24.3 Å². The first kappa shape index (κ1) is 21.5. The van der Waals surface area contributed by atoms with Crippen LogP contribution in [-0.4, -0.2) is 25.1 Å². The lowest BCUT2D eigenvalue weighted by atomic mass is 9.78. The van der Waals surface area contributed by atoms with Gasteiger partial charge in [-0.2, -0.15) is 5.26 Å². The van der Waals surface area contributed by atoms with Gasteiger partial charge in [-0.3, -0.25) is 4.90 Å². The molecule has 130 valence electrons. The second-order valence-corrected chi connectivity index (χ2v) is 5.77. The fourth-order valence-electron chi connectivity index (χ4n) is 2.65. The number of likely N-dealkylation sites (tertiary alicyclic amines) is 1. The smallest absolute Gasteiger partial charge is 0.119 e. The number of hydrogen-bond acceptors (Lipinski definition) is 3. The van der Waals surface area contributed by atoms with Crippen LogP contribution in [0.2, 0.25) is 0 Å². The van der Waals surface area contributed by atoms with Crippen LogP contribution in [0, 0.1) is 16.7 Å². The van der Waals surface area contributed by atoms with E-state index >= 15 is 0 Å². The zero-order chi connectivity index (χ0) is 17.7. The van der Waals surface area contributed by atoms with Gasteiger partial charge in [0, 0.05) is 13.0 Å². The first-order valence-electron chi connectivity index (χ1n) is 8.87. The SMILES string of the molecule is CC.CC.COc1cccc(CN2CCC(C)(CC#N)CC2)c1. The highest BCUT2D eigenvalue weighted by molar-refractivity contribution is 5.28. The van der Waals surface area contributed by atoms with Crippen molar-refractivity contribution >= 4 is 0 Å². The number of nitriles is 1. The summed E-state index contributed by atoms with van der Waals surface area (Å²) in [5.41, 5.74) is 1.52. The number of ether oxygens (including phenoxy) is 1. The predicted molar refractivity (Wildman–Crippen MR) is 98.5 cm³/mol. The highest BCUT2D eigenvalue weighted by atomic mass is 16.5. The number of methoxy groups -OCH3 is 1. The van der Waals surface area contributed by atoms with Crippen LogP contribution in [0.4, 0.5) is 0 Å². The van der Waals surface area contributed by atoms with Gasteiger partial charge in [0.2, 0.25) is 0 Å².